The summed E-state index contributed by atoms with van der Waals surface area (Å²) >= 11 is 0. The molecule has 1 unspecified atom stereocenters. The van der Waals surface area contributed by atoms with E-state index >= 15 is 0 Å². The van der Waals surface area contributed by atoms with Crippen molar-refractivity contribution in [2.45, 2.75) is 44.6 Å². The number of hydrogen-bond donors (Lipinski definition) is 2. The van der Waals surface area contributed by atoms with Gasteiger partial charge in [-0.3, -0.25) is 0 Å². The molecule has 0 radical (unpaired) electrons. The molecule has 0 aromatic heterocycles. The van der Waals surface area contributed by atoms with Gasteiger partial charge in [0.05, 0.1) is 6.61 Å². The molecule has 2 nitrogen and oxygen atoms in total. The van der Waals surface area contributed by atoms with E-state index in [1.54, 1.807) is 6.08 Å². The predicted molar refractivity (Wildman–Crippen MR) is 55.4 cm³/mol. The lowest BCUT2D eigenvalue weighted by molar-refractivity contribution is 0.326. The monoisotopic (exact) mass is 183 g/mol. The zero-order valence-corrected chi connectivity index (χ0v) is 8.28. The summed E-state index contributed by atoms with van der Waals surface area (Å²) in [5, 5.41) is 8.58. The average molecular weight is 183 g/mol. The Morgan fingerprint density at radius 3 is 2.62 bits per heavy atom. The van der Waals surface area contributed by atoms with Crippen LogP contribution in [0.1, 0.15) is 38.5 Å². The maximum Gasteiger partial charge on any atom is 0.0612 e. The molecule has 0 aromatic rings. The van der Waals surface area contributed by atoms with E-state index in [1.807, 2.05) is 6.08 Å². The van der Waals surface area contributed by atoms with Gasteiger partial charge in [0.15, 0.2) is 0 Å². The standard InChI is InChI=1S/C11H21NO/c12-11(7-4-8-13)9-10-5-2-1-3-6-10/h4,7,10-11,13H,1-3,5-6,8-9,12H2/b7-4+. The molecule has 1 atom stereocenters. The third-order valence-corrected chi connectivity index (χ3v) is 2.82. The largest absolute Gasteiger partial charge is 0.392 e. The number of rotatable bonds is 4. The fraction of sp³-hybridized carbons (Fsp3) is 0.818. The van der Waals surface area contributed by atoms with Gasteiger partial charge < -0.3 is 10.8 Å². The zero-order valence-electron chi connectivity index (χ0n) is 8.28. The molecule has 0 saturated heterocycles. The first-order chi connectivity index (χ1) is 6.33. The molecular formula is C11H21NO. The Morgan fingerprint density at radius 2 is 2.00 bits per heavy atom. The molecule has 1 rings (SSSR count). The van der Waals surface area contributed by atoms with Crippen LogP contribution in [0.15, 0.2) is 12.2 Å². The molecule has 3 N–H and O–H groups in total. The molecule has 1 aliphatic carbocycles. The lowest BCUT2D eigenvalue weighted by Crippen LogP contribution is -2.22. The topological polar surface area (TPSA) is 46.2 Å². The van der Waals surface area contributed by atoms with Crippen LogP contribution in [0.5, 0.6) is 0 Å². The molecule has 1 fully saturated rings. The fourth-order valence-electron chi connectivity index (χ4n) is 2.12. The van der Waals surface area contributed by atoms with Gasteiger partial charge in [-0.05, 0) is 12.3 Å². The number of hydrogen-bond acceptors (Lipinski definition) is 2. The van der Waals surface area contributed by atoms with Crippen LogP contribution in [-0.2, 0) is 0 Å². The summed E-state index contributed by atoms with van der Waals surface area (Å²) in [6, 6.07) is 0.148. The van der Waals surface area contributed by atoms with E-state index in [2.05, 4.69) is 0 Å². The van der Waals surface area contributed by atoms with Crippen LogP contribution in [0.3, 0.4) is 0 Å². The molecule has 0 aromatic carbocycles. The van der Waals surface area contributed by atoms with Crippen molar-refractivity contribution in [1.82, 2.24) is 0 Å². The van der Waals surface area contributed by atoms with Crippen molar-refractivity contribution in [3.05, 3.63) is 12.2 Å². The minimum absolute atomic E-state index is 0.109. The zero-order chi connectivity index (χ0) is 9.52. The molecule has 1 aliphatic rings. The second-order valence-electron chi connectivity index (χ2n) is 4.01. The van der Waals surface area contributed by atoms with Gasteiger partial charge in [-0.25, -0.2) is 0 Å². The van der Waals surface area contributed by atoms with Gasteiger partial charge in [-0.1, -0.05) is 44.3 Å². The molecule has 0 aliphatic heterocycles. The van der Waals surface area contributed by atoms with Crippen LogP contribution in [0, 0.1) is 5.92 Å². The summed E-state index contributed by atoms with van der Waals surface area (Å²) in [4.78, 5) is 0. The van der Waals surface area contributed by atoms with Crippen molar-refractivity contribution in [3.63, 3.8) is 0 Å². The molecule has 0 heterocycles. The minimum Gasteiger partial charge on any atom is -0.392 e. The molecule has 0 spiro atoms. The van der Waals surface area contributed by atoms with Gasteiger partial charge in [0.2, 0.25) is 0 Å². The van der Waals surface area contributed by atoms with E-state index in [1.165, 1.54) is 32.1 Å². The lowest BCUT2D eigenvalue weighted by atomic mass is 9.85. The quantitative estimate of drug-likeness (QED) is 0.653. The fourth-order valence-corrected chi connectivity index (χ4v) is 2.12. The minimum atomic E-state index is 0.109. The first-order valence-electron chi connectivity index (χ1n) is 5.36. The second-order valence-corrected chi connectivity index (χ2v) is 4.01. The van der Waals surface area contributed by atoms with Crippen LogP contribution in [0.2, 0.25) is 0 Å². The van der Waals surface area contributed by atoms with Gasteiger partial charge in [0, 0.05) is 6.04 Å². The van der Waals surface area contributed by atoms with E-state index in [0.29, 0.717) is 0 Å². The Bertz CT molecular complexity index is 150. The van der Waals surface area contributed by atoms with Crippen LogP contribution in [-0.4, -0.2) is 17.8 Å². The number of aliphatic hydroxyl groups excluding tert-OH is 1. The third kappa shape index (κ3) is 4.44. The summed E-state index contributed by atoms with van der Waals surface area (Å²) in [5.74, 6) is 0.826. The first kappa shape index (κ1) is 10.7. The Labute approximate surface area is 80.8 Å². The van der Waals surface area contributed by atoms with Gasteiger partial charge in [0.1, 0.15) is 0 Å². The van der Waals surface area contributed by atoms with Gasteiger partial charge in [0.25, 0.3) is 0 Å². The van der Waals surface area contributed by atoms with Crippen LogP contribution in [0.4, 0.5) is 0 Å². The second kappa shape index (κ2) is 6.17. The maximum atomic E-state index is 8.58. The Hall–Kier alpha value is -0.340. The van der Waals surface area contributed by atoms with E-state index in [9.17, 15) is 0 Å². The molecule has 0 amide bonds. The molecule has 1 saturated carbocycles. The van der Waals surface area contributed by atoms with E-state index < -0.39 is 0 Å². The number of aliphatic hydroxyl groups is 1. The molecule has 2 heteroatoms. The smallest absolute Gasteiger partial charge is 0.0612 e. The Kier molecular flexibility index (Phi) is 5.09. The van der Waals surface area contributed by atoms with Gasteiger partial charge >= 0.3 is 0 Å². The Morgan fingerprint density at radius 1 is 1.31 bits per heavy atom. The van der Waals surface area contributed by atoms with Crippen molar-refractivity contribution in [1.29, 1.82) is 0 Å². The van der Waals surface area contributed by atoms with E-state index in [0.717, 1.165) is 12.3 Å². The highest BCUT2D eigenvalue weighted by atomic mass is 16.2. The van der Waals surface area contributed by atoms with Crippen molar-refractivity contribution in [2.75, 3.05) is 6.61 Å². The predicted octanol–water partition coefficient (Wildman–Crippen LogP) is 1.83. The third-order valence-electron chi connectivity index (χ3n) is 2.82. The summed E-state index contributed by atoms with van der Waals surface area (Å²) in [6.07, 6.45) is 11.6. The summed E-state index contributed by atoms with van der Waals surface area (Å²) in [7, 11) is 0. The molecule has 0 bridgehead atoms. The highest BCUT2D eigenvalue weighted by molar-refractivity contribution is 4.92. The molecular weight excluding hydrogens is 162 g/mol. The highest BCUT2D eigenvalue weighted by Crippen LogP contribution is 2.26. The summed E-state index contributed by atoms with van der Waals surface area (Å²) in [5.41, 5.74) is 5.89. The van der Waals surface area contributed by atoms with Crippen molar-refractivity contribution < 1.29 is 5.11 Å². The highest BCUT2D eigenvalue weighted by Gasteiger charge is 2.14. The Balaban J connectivity index is 2.18. The van der Waals surface area contributed by atoms with Crippen molar-refractivity contribution in [2.24, 2.45) is 11.7 Å². The average Bonchev–Trinajstić information content (AvgIpc) is 2.16. The van der Waals surface area contributed by atoms with E-state index in [-0.39, 0.29) is 12.6 Å². The SMILES string of the molecule is NC(/C=C/CO)CC1CCCCC1. The van der Waals surface area contributed by atoms with Crippen LogP contribution in [0.25, 0.3) is 0 Å². The molecule has 76 valence electrons. The summed E-state index contributed by atoms with van der Waals surface area (Å²) < 4.78 is 0. The first-order valence-corrected chi connectivity index (χ1v) is 5.36. The van der Waals surface area contributed by atoms with E-state index in [4.69, 9.17) is 10.8 Å². The normalized spacial score (nSPS) is 22.3. The van der Waals surface area contributed by atoms with Gasteiger partial charge in [-0.2, -0.15) is 0 Å². The van der Waals surface area contributed by atoms with Crippen molar-refractivity contribution >= 4 is 0 Å². The maximum absolute atomic E-state index is 8.58. The van der Waals surface area contributed by atoms with Crippen molar-refractivity contribution in [3.8, 4) is 0 Å². The number of nitrogens with two attached hydrogens (primary N) is 1. The van der Waals surface area contributed by atoms with Crippen LogP contribution >= 0.6 is 0 Å². The van der Waals surface area contributed by atoms with Gasteiger partial charge in [-0.15, -0.1) is 0 Å². The molecule has 13 heavy (non-hydrogen) atoms. The van der Waals surface area contributed by atoms with Crippen LogP contribution < -0.4 is 5.73 Å². The lowest BCUT2D eigenvalue weighted by Gasteiger charge is -2.23. The summed E-state index contributed by atoms with van der Waals surface area (Å²) in [6.45, 7) is 0.109.